The molecule has 6 heteroatoms. The van der Waals surface area contributed by atoms with Gasteiger partial charge in [-0.15, -0.1) is 0 Å². The van der Waals surface area contributed by atoms with Gasteiger partial charge in [0.15, 0.2) is 0 Å². The van der Waals surface area contributed by atoms with Crippen LogP contribution in [0.25, 0.3) is 0 Å². The van der Waals surface area contributed by atoms with Crippen molar-refractivity contribution in [2.75, 3.05) is 19.8 Å². The molecule has 1 aliphatic heterocycles. The van der Waals surface area contributed by atoms with Crippen LogP contribution in [0, 0.1) is 19.3 Å². The normalized spacial score (nSPS) is 19.7. The van der Waals surface area contributed by atoms with Crippen molar-refractivity contribution in [1.29, 1.82) is 0 Å². The molecule has 1 aromatic heterocycles. The highest BCUT2D eigenvalue weighted by Crippen LogP contribution is 2.29. The molecule has 0 spiro atoms. The second kappa shape index (κ2) is 5.60. The summed E-state index contributed by atoms with van der Waals surface area (Å²) in [5.41, 5.74) is 2.01. The van der Waals surface area contributed by atoms with Crippen molar-refractivity contribution in [2.24, 2.45) is 5.41 Å². The molecular weight excluding hydrogens is 270 g/mol. The Morgan fingerprint density at radius 1 is 1.33 bits per heavy atom. The molecule has 6 nitrogen and oxygen atoms in total. The molecule has 2 heterocycles. The summed E-state index contributed by atoms with van der Waals surface area (Å²) >= 11 is 0. The topological polar surface area (TPSA) is 75.3 Å². The Hall–Kier alpha value is -1.69. The number of ether oxygens (including phenoxy) is 1. The third-order valence-electron chi connectivity index (χ3n) is 3.78. The number of hydrogen-bond acceptors (Lipinski definition) is 4. The predicted molar refractivity (Wildman–Crippen MR) is 77.8 cm³/mol. The molecule has 1 amide bonds. The number of nitrogens with one attached hydrogen (secondary N) is 1. The fourth-order valence-corrected chi connectivity index (χ4v) is 2.59. The molecule has 0 radical (unpaired) electrons. The largest absolute Gasteiger partial charge is 0.377 e. The summed E-state index contributed by atoms with van der Waals surface area (Å²) in [5.74, 6) is -0.802. The van der Waals surface area contributed by atoms with E-state index < -0.39 is 11.3 Å². The fraction of sp³-hybridized carbons (Fsp3) is 0.667. The van der Waals surface area contributed by atoms with Crippen LogP contribution < -0.4 is 0 Å². The molecule has 21 heavy (non-hydrogen) atoms. The lowest BCUT2D eigenvalue weighted by Gasteiger charge is -2.36. The Morgan fingerprint density at radius 2 is 2.00 bits per heavy atom. The summed E-state index contributed by atoms with van der Waals surface area (Å²) in [6.07, 6.45) is 0. The maximum absolute atomic E-state index is 12.6. The van der Waals surface area contributed by atoms with Gasteiger partial charge in [-0.3, -0.25) is 14.7 Å². The lowest BCUT2D eigenvalue weighted by atomic mass is 9.89. The number of morpholine rings is 1. The van der Waals surface area contributed by atoms with E-state index in [-0.39, 0.29) is 11.8 Å². The first kappa shape index (κ1) is 15.7. The minimum atomic E-state index is -0.680. The smallest absolute Gasteiger partial charge is 0.291 e. The molecular formula is C15H23N3O3. The van der Waals surface area contributed by atoms with E-state index in [9.17, 15) is 9.59 Å². The standard InChI is InChI=1S/C15H23N3O3/c1-9-12(10(2)17-16-9)11-8-21-7-6-18(11)14(20)13(19)15(3,4)5/h11H,6-8H2,1-5H3,(H,16,17). The lowest BCUT2D eigenvalue weighted by molar-refractivity contribution is -0.154. The highest BCUT2D eigenvalue weighted by atomic mass is 16.5. The van der Waals surface area contributed by atoms with Crippen LogP contribution in [-0.4, -0.2) is 46.5 Å². The van der Waals surface area contributed by atoms with E-state index in [1.807, 2.05) is 13.8 Å². The SMILES string of the molecule is Cc1n[nH]c(C)c1C1COCCN1C(=O)C(=O)C(C)(C)C. The molecule has 1 atom stereocenters. The van der Waals surface area contributed by atoms with Gasteiger partial charge in [0.25, 0.3) is 5.91 Å². The summed E-state index contributed by atoms with van der Waals surface area (Å²) in [7, 11) is 0. The van der Waals surface area contributed by atoms with E-state index in [0.29, 0.717) is 19.8 Å². The Bertz CT molecular complexity index is 538. The van der Waals surface area contributed by atoms with Crippen LogP contribution in [-0.2, 0) is 14.3 Å². The zero-order chi connectivity index (χ0) is 15.8. The summed E-state index contributed by atoms with van der Waals surface area (Å²) in [6, 6.07) is -0.253. The number of carbonyl (C=O) groups excluding carboxylic acids is 2. The number of aromatic nitrogens is 2. The zero-order valence-electron chi connectivity index (χ0n) is 13.3. The molecule has 2 rings (SSSR count). The van der Waals surface area contributed by atoms with Crippen molar-refractivity contribution < 1.29 is 14.3 Å². The van der Waals surface area contributed by atoms with Gasteiger partial charge in [0.05, 0.1) is 24.9 Å². The number of rotatable bonds is 2. The van der Waals surface area contributed by atoms with Crippen LogP contribution in [0.4, 0.5) is 0 Å². The number of carbonyl (C=O) groups is 2. The van der Waals surface area contributed by atoms with Gasteiger partial charge in [0.2, 0.25) is 5.78 Å². The molecule has 1 fully saturated rings. The first-order valence-electron chi connectivity index (χ1n) is 7.18. The zero-order valence-corrected chi connectivity index (χ0v) is 13.3. The maximum atomic E-state index is 12.6. The summed E-state index contributed by atoms with van der Waals surface area (Å²) in [5, 5.41) is 7.10. The number of hydrogen-bond donors (Lipinski definition) is 1. The van der Waals surface area contributed by atoms with Gasteiger partial charge in [0.1, 0.15) is 0 Å². The monoisotopic (exact) mass is 293 g/mol. The summed E-state index contributed by atoms with van der Waals surface area (Å²) in [6.45, 7) is 10.4. The molecule has 0 saturated carbocycles. The van der Waals surface area contributed by atoms with Crippen LogP contribution in [0.5, 0.6) is 0 Å². The number of Topliss-reactive ketones (excluding diaryl/α,β-unsaturated/α-hetero) is 1. The quantitative estimate of drug-likeness (QED) is 0.839. The molecule has 0 aliphatic carbocycles. The molecule has 1 aliphatic rings. The highest BCUT2D eigenvalue weighted by molar-refractivity contribution is 6.37. The highest BCUT2D eigenvalue weighted by Gasteiger charge is 2.38. The molecule has 1 N–H and O–H groups in total. The number of amides is 1. The molecule has 1 saturated heterocycles. The van der Waals surface area contributed by atoms with Crippen LogP contribution in [0.15, 0.2) is 0 Å². The second-order valence-electron chi connectivity index (χ2n) is 6.52. The Morgan fingerprint density at radius 3 is 2.52 bits per heavy atom. The Kier molecular flexibility index (Phi) is 4.18. The van der Waals surface area contributed by atoms with Gasteiger partial charge in [-0.2, -0.15) is 5.10 Å². The van der Waals surface area contributed by atoms with Crippen molar-refractivity contribution in [3.05, 3.63) is 17.0 Å². The Labute approximate surface area is 124 Å². The number of aryl methyl sites for hydroxylation is 2. The number of nitrogens with zero attached hydrogens (tertiary/aromatic N) is 2. The average molecular weight is 293 g/mol. The van der Waals surface area contributed by atoms with Gasteiger partial charge >= 0.3 is 0 Å². The van der Waals surface area contributed by atoms with Gasteiger partial charge in [-0.05, 0) is 13.8 Å². The van der Waals surface area contributed by atoms with Crippen molar-refractivity contribution in [3.8, 4) is 0 Å². The third kappa shape index (κ3) is 3.00. The minimum absolute atomic E-state index is 0.253. The van der Waals surface area contributed by atoms with Gasteiger partial charge in [-0.25, -0.2) is 0 Å². The molecule has 0 aromatic carbocycles. The van der Waals surface area contributed by atoms with Crippen molar-refractivity contribution in [1.82, 2.24) is 15.1 Å². The number of aromatic amines is 1. The number of ketones is 1. The fourth-order valence-electron chi connectivity index (χ4n) is 2.59. The second-order valence-corrected chi connectivity index (χ2v) is 6.52. The third-order valence-corrected chi connectivity index (χ3v) is 3.78. The molecule has 1 aromatic rings. The molecule has 0 bridgehead atoms. The summed E-state index contributed by atoms with van der Waals surface area (Å²) in [4.78, 5) is 26.5. The van der Waals surface area contributed by atoms with Crippen LogP contribution in [0.1, 0.15) is 43.8 Å². The predicted octanol–water partition coefficient (Wildman–Crippen LogP) is 1.54. The Balaban J connectivity index is 2.32. The molecule has 1 unspecified atom stereocenters. The van der Waals surface area contributed by atoms with Gasteiger partial charge < -0.3 is 9.64 Å². The first-order chi connectivity index (χ1) is 9.73. The van der Waals surface area contributed by atoms with E-state index >= 15 is 0 Å². The molecule has 116 valence electrons. The van der Waals surface area contributed by atoms with Crippen LogP contribution >= 0.6 is 0 Å². The minimum Gasteiger partial charge on any atom is -0.377 e. The van der Waals surface area contributed by atoms with E-state index in [1.165, 1.54) is 0 Å². The van der Waals surface area contributed by atoms with Crippen molar-refractivity contribution in [3.63, 3.8) is 0 Å². The number of H-pyrrole nitrogens is 1. The van der Waals surface area contributed by atoms with Crippen LogP contribution in [0.2, 0.25) is 0 Å². The van der Waals surface area contributed by atoms with Crippen molar-refractivity contribution in [2.45, 2.75) is 40.7 Å². The van der Waals surface area contributed by atoms with Gasteiger partial charge in [-0.1, -0.05) is 20.8 Å². The summed E-state index contributed by atoms with van der Waals surface area (Å²) < 4.78 is 5.51. The lowest BCUT2D eigenvalue weighted by Crippen LogP contribution is -2.49. The average Bonchev–Trinajstić information content (AvgIpc) is 2.75. The van der Waals surface area contributed by atoms with E-state index in [1.54, 1.807) is 25.7 Å². The van der Waals surface area contributed by atoms with E-state index in [2.05, 4.69) is 10.2 Å². The van der Waals surface area contributed by atoms with Gasteiger partial charge in [0, 0.05) is 23.2 Å². The van der Waals surface area contributed by atoms with Crippen molar-refractivity contribution >= 4 is 11.7 Å². The van der Waals surface area contributed by atoms with Crippen LogP contribution in [0.3, 0.4) is 0 Å². The maximum Gasteiger partial charge on any atom is 0.291 e. The van der Waals surface area contributed by atoms with E-state index in [4.69, 9.17) is 4.74 Å². The first-order valence-corrected chi connectivity index (χ1v) is 7.18. The van der Waals surface area contributed by atoms with E-state index in [0.717, 1.165) is 17.0 Å².